The number of nitrogens with one attached hydrogen (secondary N) is 2. The SMILES string of the molecule is CCC1C(=O)NC2CC(NC(=O)c3c(-c4ccccc4Cl)noc3C)CCC2C1C. The zero-order valence-corrected chi connectivity index (χ0v) is 18.3. The second kappa shape index (κ2) is 8.42. The first-order valence-electron chi connectivity index (χ1n) is 10.7. The number of fused-ring (bicyclic) bond motifs is 1. The number of carbonyl (C=O) groups excluding carboxylic acids is 2. The van der Waals surface area contributed by atoms with E-state index in [1.807, 2.05) is 18.2 Å². The van der Waals surface area contributed by atoms with E-state index in [9.17, 15) is 9.59 Å². The first kappa shape index (κ1) is 20.9. The van der Waals surface area contributed by atoms with Crippen molar-refractivity contribution in [3.8, 4) is 11.3 Å². The quantitative estimate of drug-likeness (QED) is 0.756. The summed E-state index contributed by atoms with van der Waals surface area (Å²) in [5, 5.41) is 11.0. The van der Waals surface area contributed by atoms with Gasteiger partial charge in [-0.2, -0.15) is 0 Å². The standard InChI is InChI=1S/C23H28ClN3O3/c1-4-15-12(2)16-10-9-14(11-19(16)26-22(15)28)25-23(29)20-13(3)30-27-21(20)17-7-5-6-8-18(17)24/h5-8,12,14-16,19H,4,9-11H2,1-3H3,(H,25,29)(H,26,28). The van der Waals surface area contributed by atoms with E-state index in [4.69, 9.17) is 16.1 Å². The molecule has 0 radical (unpaired) electrons. The van der Waals surface area contributed by atoms with Gasteiger partial charge in [-0.25, -0.2) is 0 Å². The third-order valence-corrected chi connectivity index (χ3v) is 7.20. The first-order chi connectivity index (χ1) is 14.4. The van der Waals surface area contributed by atoms with Crippen LogP contribution >= 0.6 is 11.6 Å². The molecule has 5 unspecified atom stereocenters. The van der Waals surface area contributed by atoms with Crippen LogP contribution < -0.4 is 10.6 Å². The number of benzene rings is 1. The third-order valence-electron chi connectivity index (χ3n) is 6.87. The number of piperidine rings is 1. The van der Waals surface area contributed by atoms with Crippen LogP contribution in [0.3, 0.4) is 0 Å². The van der Waals surface area contributed by atoms with Crippen molar-refractivity contribution in [1.29, 1.82) is 0 Å². The predicted octanol–water partition coefficient (Wildman–Crippen LogP) is 4.36. The molecule has 30 heavy (non-hydrogen) atoms. The minimum atomic E-state index is -0.214. The molecular formula is C23H28ClN3O3. The van der Waals surface area contributed by atoms with Crippen LogP contribution in [0.2, 0.25) is 5.02 Å². The highest BCUT2D eigenvalue weighted by molar-refractivity contribution is 6.33. The van der Waals surface area contributed by atoms with E-state index in [0.29, 0.717) is 39.4 Å². The van der Waals surface area contributed by atoms with Gasteiger partial charge in [-0.3, -0.25) is 9.59 Å². The largest absolute Gasteiger partial charge is 0.360 e. The van der Waals surface area contributed by atoms with Crippen LogP contribution in [0.1, 0.15) is 55.6 Å². The number of aromatic nitrogens is 1. The van der Waals surface area contributed by atoms with Crippen LogP contribution in [-0.4, -0.2) is 29.1 Å². The molecule has 1 saturated carbocycles. The Bertz CT molecular complexity index is 957. The van der Waals surface area contributed by atoms with E-state index in [2.05, 4.69) is 29.6 Å². The van der Waals surface area contributed by atoms with Crippen LogP contribution in [0.5, 0.6) is 0 Å². The Morgan fingerprint density at radius 3 is 2.83 bits per heavy atom. The van der Waals surface area contributed by atoms with Crippen LogP contribution in [-0.2, 0) is 4.79 Å². The number of amides is 2. The molecule has 1 aliphatic carbocycles. The monoisotopic (exact) mass is 429 g/mol. The van der Waals surface area contributed by atoms with Crippen molar-refractivity contribution in [3.05, 3.63) is 40.6 Å². The molecule has 0 spiro atoms. The Morgan fingerprint density at radius 1 is 1.33 bits per heavy atom. The van der Waals surface area contributed by atoms with Crippen molar-refractivity contribution in [2.45, 2.75) is 58.5 Å². The summed E-state index contributed by atoms with van der Waals surface area (Å²) in [7, 11) is 0. The molecule has 2 amide bonds. The Balaban J connectivity index is 1.49. The summed E-state index contributed by atoms with van der Waals surface area (Å²) in [5.74, 6) is 1.33. The van der Waals surface area contributed by atoms with Gasteiger partial charge in [-0.05, 0) is 50.5 Å². The van der Waals surface area contributed by atoms with Gasteiger partial charge in [-0.1, -0.05) is 48.8 Å². The summed E-state index contributed by atoms with van der Waals surface area (Å²) >= 11 is 6.31. The number of carbonyl (C=O) groups is 2. The van der Waals surface area contributed by atoms with Gasteiger partial charge in [0.05, 0.1) is 5.02 Å². The fourth-order valence-electron chi connectivity index (χ4n) is 5.24. The second-order valence-corrected chi connectivity index (χ2v) is 8.99. The molecule has 6 nitrogen and oxygen atoms in total. The smallest absolute Gasteiger partial charge is 0.257 e. The number of aryl methyl sites for hydroxylation is 1. The van der Waals surface area contributed by atoms with E-state index < -0.39 is 0 Å². The fraction of sp³-hybridized carbons (Fsp3) is 0.522. The molecule has 2 fully saturated rings. The number of halogens is 1. The van der Waals surface area contributed by atoms with Gasteiger partial charge < -0.3 is 15.2 Å². The maximum atomic E-state index is 13.1. The highest BCUT2D eigenvalue weighted by Gasteiger charge is 2.43. The number of rotatable bonds is 4. The summed E-state index contributed by atoms with van der Waals surface area (Å²) in [6.07, 6.45) is 3.51. The van der Waals surface area contributed by atoms with E-state index >= 15 is 0 Å². The summed E-state index contributed by atoms with van der Waals surface area (Å²) in [6.45, 7) is 6.00. The molecule has 2 heterocycles. The van der Waals surface area contributed by atoms with Crippen molar-refractivity contribution < 1.29 is 14.1 Å². The van der Waals surface area contributed by atoms with E-state index in [-0.39, 0.29) is 29.8 Å². The Morgan fingerprint density at radius 2 is 2.10 bits per heavy atom. The number of hydrogen-bond acceptors (Lipinski definition) is 4. The lowest BCUT2D eigenvalue weighted by atomic mass is 9.67. The van der Waals surface area contributed by atoms with Crippen LogP contribution in [0.15, 0.2) is 28.8 Å². The zero-order valence-electron chi connectivity index (χ0n) is 17.6. The van der Waals surface area contributed by atoms with E-state index in [1.165, 1.54) is 0 Å². The molecule has 1 saturated heterocycles. The molecule has 1 aromatic carbocycles. The average molecular weight is 430 g/mol. The normalized spacial score (nSPS) is 28.5. The lowest BCUT2D eigenvalue weighted by Crippen LogP contribution is -2.58. The molecule has 2 aromatic rings. The molecule has 7 heteroatoms. The maximum absolute atomic E-state index is 13.1. The minimum Gasteiger partial charge on any atom is -0.360 e. The predicted molar refractivity (Wildman–Crippen MR) is 115 cm³/mol. The zero-order chi connectivity index (χ0) is 21.4. The van der Waals surface area contributed by atoms with Gasteiger partial charge in [0.1, 0.15) is 17.0 Å². The first-order valence-corrected chi connectivity index (χ1v) is 11.1. The van der Waals surface area contributed by atoms with Gasteiger partial charge in [0.15, 0.2) is 0 Å². The fourth-order valence-corrected chi connectivity index (χ4v) is 5.46. The van der Waals surface area contributed by atoms with Crippen molar-refractivity contribution in [2.24, 2.45) is 17.8 Å². The molecule has 4 rings (SSSR count). The highest BCUT2D eigenvalue weighted by Crippen LogP contribution is 2.39. The van der Waals surface area contributed by atoms with Gasteiger partial charge in [0, 0.05) is 23.6 Å². The number of nitrogens with zero attached hydrogens (tertiary/aromatic N) is 1. The Labute approximate surface area is 181 Å². The topological polar surface area (TPSA) is 84.2 Å². The van der Waals surface area contributed by atoms with Crippen molar-refractivity contribution in [1.82, 2.24) is 15.8 Å². The Hall–Kier alpha value is -2.34. The summed E-state index contributed by atoms with van der Waals surface area (Å²) < 4.78 is 5.33. The molecule has 2 aliphatic rings. The van der Waals surface area contributed by atoms with Gasteiger partial charge in [-0.15, -0.1) is 0 Å². The minimum absolute atomic E-state index is 0.00202. The lowest BCUT2D eigenvalue weighted by molar-refractivity contribution is -0.133. The highest BCUT2D eigenvalue weighted by atomic mass is 35.5. The van der Waals surface area contributed by atoms with Crippen molar-refractivity contribution >= 4 is 23.4 Å². The summed E-state index contributed by atoms with van der Waals surface area (Å²) in [5.41, 5.74) is 1.54. The summed E-state index contributed by atoms with van der Waals surface area (Å²) in [6, 6.07) is 7.38. The van der Waals surface area contributed by atoms with E-state index in [1.54, 1.807) is 13.0 Å². The van der Waals surface area contributed by atoms with Gasteiger partial charge >= 0.3 is 0 Å². The third kappa shape index (κ3) is 3.73. The number of hydrogen-bond donors (Lipinski definition) is 2. The van der Waals surface area contributed by atoms with E-state index in [0.717, 1.165) is 25.7 Å². The van der Waals surface area contributed by atoms with Crippen LogP contribution in [0.4, 0.5) is 0 Å². The Kier molecular flexibility index (Phi) is 5.87. The van der Waals surface area contributed by atoms with Crippen molar-refractivity contribution in [3.63, 3.8) is 0 Å². The molecule has 160 valence electrons. The molecule has 1 aliphatic heterocycles. The lowest BCUT2D eigenvalue weighted by Gasteiger charge is -2.46. The molecule has 2 N–H and O–H groups in total. The second-order valence-electron chi connectivity index (χ2n) is 8.58. The maximum Gasteiger partial charge on any atom is 0.257 e. The van der Waals surface area contributed by atoms with Crippen LogP contribution in [0.25, 0.3) is 11.3 Å². The van der Waals surface area contributed by atoms with Crippen LogP contribution in [0, 0.1) is 24.7 Å². The molecule has 5 atom stereocenters. The molecular weight excluding hydrogens is 402 g/mol. The molecule has 1 aromatic heterocycles. The molecule has 0 bridgehead atoms. The van der Waals surface area contributed by atoms with Gasteiger partial charge in [0.25, 0.3) is 5.91 Å². The summed E-state index contributed by atoms with van der Waals surface area (Å²) in [4.78, 5) is 25.6. The van der Waals surface area contributed by atoms with Gasteiger partial charge in [0.2, 0.25) is 5.91 Å². The average Bonchev–Trinajstić information content (AvgIpc) is 3.09. The van der Waals surface area contributed by atoms with Crippen molar-refractivity contribution in [2.75, 3.05) is 0 Å².